The minimum atomic E-state index is -0.722. The molecule has 4 N–H and O–H groups in total. The zero-order chi connectivity index (χ0) is 16.9. The molecule has 0 aromatic carbocycles. The highest BCUT2D eigenvalue weighted by Crippen LogP contribution is 2.57. The molecule has 6 nitrogen and oxygen atoms in total. The van der Waals surface area contributed by atoms with Crippen LogP contribution in [0.5, 0.6) is 0 Å². The van der Waals surface area contributed by atoms with Gasteiger partial charge in [-0.15, -0.1) is 0 Å². The molecule has 4 bridgehead atoms. The van der Waals surface area contributed by atoms with Crippen molar-refractivity contribution >= 4 is 12.0 Å². The molecule has 0 radical (unpaired) electrons. The summed E-state index contributed by atoms with van der Waals surface area (Å²) in [6.07, 6.45) is 8.39. The average Bonchev–Trinajstić information content (AvgIpc) is 2.44. The molecule has 6 heteroatoms. The number of amides is 2. The summed E-state index contributed by atoms with van der Waals surface area (Å²) in [5.74, 6) is 0.105. The molecule has 2 atom stereocenters. The van der Waals surface area contributed by atoms with Crippen molar-refractivity contribution in [1.82, 2.24) is 10.6 Å². The van der Waals surface area contributed by atoms with E-state index < -0.39 is 11.6 Å². The predicted molar refractivity (Wildman–Crippen MR) is 87.4 cm³/mol. The molecule has 24 heavy (non-hydrogen) atoms. The molecule has 0 aromatic rings. The molecular weight excluding hydrogens is 308 g/mol. The van der Waals surface area contributed by atoms with Gasteiger partial charge in [-0.3, -0.25) is 4.79 Å². The lowest BCUT2D eigenvalue weighted by molar-refractivity contribution is -0.142. The molecule has 5 saturated carbocycles. The monoisotopic (exact) mass is 336 g/mol. The minimum Gasteiger partial charge on any atom is -0.481 e. The lowest BCUT2D eigenvalue weighted by Crippen LogP contribution is -2.66. The summed E-state index contributed by atoms with van der Waals surface area (Å²) in [5, 5.41) is 26.1. The third-order valence-corrected chi connectivity index (χ3v) is 6.82. The SMILES string of the molecule is O=C(NC1CCC(C(=O)O)CC1)NC12CC3CC(CC(O)(C3)C1)C2. The van der Waals surface area contributed by atoms with Crippen molar-refractivity contribution < 1.29 is 19.8 Å². The average molecular weight is 336 g/mol. The smallest absolute Gasteiger partial charge is 0.315 e. The number of carbonyl (C=O) groups excluding carboxylic acids is 1. The Morgan fingerprint density at radius 2 is 1.58 bits per heavy atom. The Morgan fingerprint density at radius 3 is 2.12 bits per heavy atom. The molecule has 0 aromatic heterocycles. The van der Waals surface area contributed by atoms with Gasteiger partial charge in [-0.2, -0.15) is 0 Å². The first-order valence-corrected chi connectivity index (χ1v) is 9.39. The number of carboxylic acid groups (broad SMARTS) is 1. The Balaban J connectivity index is 1.33. The second-order valence-electron chi connectivity index (χ2n) is 8.95. The summed E-state index contributed by atoms with van der Waals surface area (Å²) in [4.78, 5) is 23.5. The van der Waals surface area contributed by atoms with Gasteiger partial charge in [0.15, 0.2) is 0 Å². The number of carbonyl (C=O) groups is 2. The molecule has 134 valence electrons. The quantitative estimate of drug-likeness (QED) is 0.633. The highest BCUT2D eigenvalue weighted by molar-refractivity contribution is 5.75. The first-order valence-electron chi connectivity index (χ1n) is 9.39. The van der Waals surface area contributed by atoms with Crippen LogP contribution in [0.3, 0.4) is 0 Å². The maximum atomic E-state index is 12.5. The number of rotatable bonds is 3. The Labute approximate surface area is 142 Å². The minimum absolute atomic E-state index is 0.0672. The fourth-order valence-corrected chi connectivity index (χ4v) is 6.31. The maximum Gasteiger partial charge on any atom is 0.315 e. The topological polar surface area (TPSA) is 98.7 Å². The molecule has 5 rings (SSSR count). The fourth-order valence-electron chi connectivity index (χ4n) is 6.31. The van der Waals surface area contributed by atoms with Crippen molar-refractivity contribution in [2.24, 2.45) is 17.8 Å². The number of hydrogen-bond donors (Lipinski definition) is 4. The van der Waals surface area contributed by atoms with Crippen molar-refractivity contribution in [3.63, 3.8) is 0 Å². The van der Waals surface area contributed by atoms with Crippen molar-refractivity contribution in [3.8, 4) is 0 Å². The highest BCUT2D eigenvalue weighted by Gasteiger charge is 2.57. The molecule has 2 amide bonds. The van der Waals surface area contributed by atoms with E-state index in [4.69, 9.17) is 5.11 Å². The van der Waals surface area contributed by atoms with Gasteiger partial charge in [0.05, 0.1) is 11.5 Å². The summed E-state index contributed by atoms with van der Waals surface area (Å²) < 4.78 is 0. The van der Waals surface area contributed by atoms with Crippen molar-refractivity contribution in [1.29, 1.82) is 0 Å². The standard InChI is InChI=1S/C18H28N2O4/c21-15(22)13-1-3-14(4-2-13)19-16(23)20-17-6-11-5-12(7-17)9-18(24,8-11)10-17/h11-14,24H,1-10H2,(H,21,22)(H2,19,20,23). The van der Waals surface area contributed by atoms with Crippen LogP contribution in [0.25, 0.3) is 0 Å². The lowest BCUT2D eigenvalue weighted by Gasteiger charge is -2.60. The van der Waals surface area contributed by atoms with E-state index in [9.17, 15) is 14.7 Å². The van der Waals surface area contributed by atoms with Gasteiger partial charge >= 0.3 is 12.0 Å². The van der Waals surface area contributed by atoms with Gasteiger partial charge in [0.1, 0.15) is 0 Å². The highest BCUT2D eigenvalue weighted by atomic mass is 16.4. The maximum absolute atomic E-state index is 12.5. The number of aliphatic hydroxyl groups is 1. The van der Waals surface area contributed by atoms with Crippen LogP contribution in [-0.4, -0.2) is 39.4 Å². The number of urea groups is 1. The summed E-state index contributed by atoms with van der Waals surface area (Å²) in [6, 6.07) is -0.0723. The number of hydrogen-bond acceptors (Lipinski definition) is 3. The van der Waals surface area contributed by atoms with Crippen LogP contribution in [0, 0.1) is 17.8 Å². The van der Waals surface area contributed by atoms with E-state index in [0.717, 1.165) is 38.5 Å². The second-order valence-corrected chi connectivity index (χ2v) is 8.95. The van der Waals surface area contributed by atoms with Gasteiger partial charge in [0.25, 0.3) is 0 Å². The number of nitrogens with one attached hydrogen (secondary N) is 2. The predicted octanol–water partition coefficient (Wildman–Crippen LogP) is 2.01. The summed E-state index contributed by atoms with van der Waals surface area (Å²) in [5.41, 5.74) is -0.807. The Bertz CT molecular complexity index is 527. The first-order chi connectivity index (χ1) is 11.3. The van der Waals surface area contributed by atoms with Gasteiger partial charge in [-0.25, -0.2) is 4.79 Å². The molecule has 2 unspecified atom stereocenters. The van der Waals surface area contributed by atoms with Crippen LogP contribution >= 0.6 is 0 Å². The van der Waals surface area contributed by atoms with Crippen LogP contribution in [-0.2, 0) is 4.79 Å². The molecule has 5 aliphatic carbocycles. The van der Waals surface area contributed by atoms with E-state index in [1.165, 1.54) is 6.42 Å². The van der Waals surface area contributed by atoms with Gasteiger partial charge in [0, 0.05) is 11.6 Å². The van der Waals surface area contributed by atoms with Crippen molar-refractivity contribution in [3.05, 3.63) is 0 Å². The molecule has 5 fully saturated rings. The van der Waals surface area contributed by atoms with Crippen LogP contribution in [0.1, 0.15) is 64.2 Å². The van der Waals surface area contributed by atoms with E-state index >= 15 is 0 Å². The van der Waals surface area contributed by atoms with E-state index in [-0.39, 0.29) is 23.5 Å². The fraction of sp³-hybridized carbons (Fsp3) is 0.889. The van der Waals surface area contributed by atoms with Gasteiger partial charge in [-0.1, -0.05) is 0 Å². The molecule has 5 aliphatic rings. The Morgan fingerprint density at radius 1 is 0.958 bits per heavy atom. The Hall–Kier alpha value is -1.30. The van der Waals surface area contributed by atoms with Crippen LogP contribution < -0.4 is 10.6 Å². The number of carboxylic acids is 1. The zero-order valence-corrected chi connectivity index (χ0v) is 14.1. The third kappa shape index (κ3) is 3.01. The lowest BCUT2D eigenvalue weighted by atomic mass is 9.51. The van der Waals surface area contributed by atoms with Crippen LogP contribution in [0.15, 0.2) is 0 Å². The summed E-state index contributed by atoms with van der Waals surface area (Å²) in [7, 11) is 0. The summed E-state index contributed by atoms with van der Waals surface area (Å²) >= 11 is 0. The van der Waals surface area contributed by atoms with Crippen LogP contribution in [0.4, 0.5) is 4.79 Å². The first kappa shape index (κ1) is 16.2. The normalized spacial score (nSPS) is 46.5. The van der Waals surface area contributed by atoms with Crippen molar-refractivity contribution in [2.45, 2.75) is 81.4 Å². The molecule has 0 aliphatic heterocycles. The Kier molecular flexibility index (Phi) is 3.79. The van der Waals surface area contributed by atoms with Gasteiger partial charge in [-0.05, 0) is 76.0 Å². The molecular formula is C18H28N2O4. The molecule has 0 saturated heterocycles. The molecule has 0 heterocycles. The molecule has 0 spiro atoms. The largest absolute Gasteiger partial charge is 0.481 e. The van der Waals surface area contributed by atoms with Crippen molar-refractivity contribution in [2.75, 3.05) is 0 Å². The number of aliphatic carboxylic acids is 1. The van der Waals surface area contributed by atoms with E-state index in [1.54, 1.807) is 0 Å². The van der Waals surface area contributed by atoms with Gasteiger partial charge in [0.2, 0.25) is 0 Å². The second kappa shape index (κ2) is 5.61. The zero-order valence-electron chi connectivity index (χ0n) is 14.1. The van der Waals surface area contributed by atoms with E-state index in [1.807, 2.05) is 0 Å². The van der Waals surface area contributed by atoms with E-state index in [0.29, 0.717) is 31.1 Å². The van der Waals surface area contributed by atoms with Crippen LogP contribution in [0.2, 0.25) is 0 Å². The summed E-state index contributed by atoms with van der Waals surface area (Å²) in [6.45, 7) is 0. The van der Waals surface area contributed by atoms with E-state index in [2.05, 4.69) is 10.6 Å². The van der Waals surface area contributed by atoms with Gasteiger partial charge < -0.3 is 20.8 Å². The third-order valence-electron chi connectivity index (χ3n) is 6.82.